The van der Waals surface area contributed by atoms with Gasteiger partial charge in [0.05, 0.1) is 5.01 Å². The van der Waals surface area contributed by atoms with Crippen LogP contribution < -0.4 is 11.1 Å². The zero-order valence-electron chi connectivity index (χ0n) is 9.35. The summed E-state index contributed by atoms with van der Waals surface area (Å²) >= 11 is 1.67. The topological polar surface area (TPSA) is 63.3 Å². The Morgan fingerprint density at radius 3 is 3.06 bits per heavy atom. The summed E-state index contributed by atoms with van der Waals surface area (Å²) < 4.78 is 0. The van der Waals surface area contributed by atoms with Gasteiger partial charge in [-0.05, 0) is 12.8 Å². The number of aromatic nitrogens is 1. The lowest BCUT2D eigenvalue weighted by Crippen LogP contribution is -2.38. The summed E-state index contributed by atoms with van der Waals surface area (Å²) in [5, 5.41) is 6.38. The maximum Gasteiger partial charge on any atom is 0.188 e. The number of rotatable bonds is 4. The van der Waals surface area contributed by atoms with Gasteiger partial charge in [-0.1, -0.05) is 12.8 Å². The van der Waals surface area contributed by atoms with Gasteiger partial charge < -0.3 is 11.1 Å². The highest BCUT2D eigenvalue weighted by Gasteiger charge is 2.14. The molecule has 1 saturated carbocycles. The minimum absolute atomic E-state index is 0.545. The number of nitrogens with one attached hydrogen (secondary N) is 1. The van der Waals surface area contributed by atoms with Gasteiger partial charge in [-0.2, -0.15) is 0 Å². The zero-order chi connectivity index (χ0) is 11.2. The lowest BCUT2D eigenvalue weighted by Gasteiger charge is -2.11. The quantitative estimate of drug-likeness (QED) is 0.617. The minimum Gasteiger partial charge on any atom is -0.370 e. The van der Waals surface area contributed by atoms with Crippen molar-refractivity contribution in [2.75, 3.05) is 6.54 Å². The second-order valence-electron chi connectivity index (χ2n) is 4.07. The normalized spacial score (nSPS) is 17.9. The Bertz CT molecular complexity index is 328. The first-order valence-corrected chi connectivity index (χ1v) is 6.67. The fourth-order valence-corrected chi connectivity index (χ4v) is 2.58. The summed E-state index contributed by atoms with van der Waals surface area (Å²) in [6.45, 7) is 0.721. The van der Waals surface area contributed by atoms with Crippen molar-refractivity contribution in [3.05, 3.63) is 16.6 Å². The monoisotopic (exact) mass is 238 g/mol. The second-order valence-corrected chi connectivity index (χ2v) is 5.05. The third kappa shape index (κ3) is 3.48. The maximum atomic E-state index is 5.81. The third-order valence-corrected chi connectivity index (χ3v) is 3.64. The predicted octanol–water partition coefficient (Wildman–Crippen LogP) is 1.53. The first kappa shape index (κ1) is 11.4. The highest BCUT2D eigenvalue weighted by atomic mass is 32.1. The number of aliphatic imine (C=N–C) groups is 1. The summed E-state index contributed by atoms with van der Waals surface area (Å²) in [4.78, 5) is 8.52. The molecule has 3 N–H and O–H groups in total. The average Bonchev–Trinajstić information content (AvgIpc) is 2.90. The molecule has 1 aromatic heterocycles. The third-order valence-electron chi connectivity index (χ3n) is 2.80. The summed E-state index contributed by atoms with van der Waals surface area (Å²) in [5.41, 5.74) is 5.81. The fourth-order valence-electron chi connectivity index (χ4n) is 1.97. The van der Waals surface area contributed by atoms with Crippen molar-refractivity contribution in [1.82, 2.24) is 10.3 Å². The zero-order valence-corrected chi connectivity index (χ0v) is 10.2. The molecule has 4 nitrogen and oxygen atoms in total. The number of hydrogen-bond acceptors (Lipinski definition) is 3. The summed E-state index contributed by atoms with van der Waals surface area (Å²) in [6.07, 6.45) is 7.77. The molecule has 1 aliphatic carbocycles. The SMILES string of the molecule is NC(=NCCc1nccs1)NC1CCCC1. The van der Waals surface area contributed by atoms with Gasteiger partial charge in [0.25, 0.3) is 0 Å². The van der Waals surface area contributed by atoms with Crippen LogP contribution in [0.2, 0.25) is 0 Å². The van der Waals surface area contributed by atoms with E-state index in [-0.39, 0.29) is 0 Å². The molecule has 0 amide bonds. The molecule has 0 atom stereocenters. The standard InChI is InChI=1S/C11H18N4S/c12-11(15-9-3-1-2-4-9)14-6-5-10-13-7-8-16-10/h7-9H,1-6H2,(H3,12,14,15). The molecule has 1 aliphatic rings. The van der Waals surface area contributed by atoms with E-state index in [9.17, 15) is 0 Å². The molecule has 0 radical (unpaired) electrons. The second kappa shape index (κ2) is 5.84. The van der Waals surface area contributed by atoms with E-state index in [4.69, 9.17) is 5.73 Å². The molecular formula is C11H18N4S. The Balaban J connectivity index is 1.69. The van der Waals surface area contributed by atoms with Crippen LogP contribution in [-0.4, -0.2) is 23.5 Å². The van der Waals surface area contributed by atoms with Crippen molar-refractivity contribution < 1.29 is 0 Å². The van der Waals surface area contributed by atoms with Gasteiger partial charge in [-0.25, -0.2) is 4.98 Å². The summed E-state index contributed by atoms with van der Waals surface area (Å²) in [6, 6.07) is 0.545. The highest BCUT2D eigenvalue weighted by Crippen LogP contribution is 2.17. The lowest BCUT2D eigenvalue weighted by atomic mass is 10.2. The summed E-state index contributed by atoms with van der Waals surface area (Å²) in [5.74, 6) is 0.587. The Kier molecular flexibility index (Phi) is 4.16. The smallest absolute Gasteiger partial charge is 0.188 e. The van der Waals surface area contributed by atoms with Crippen LogP contribution in [0.25, 0.3) is 0 Å². The van der Waals surface area contributed by atoms with Gasteiger partial charge in [0.15, 0.2) is 5.96 Å². The molecule has 0 saturated heterocycles. The van der Waals surface area contributed by atoms with Crippen molar-refractivity contribution in [3.8, 4) is 0 Å². The van der Waals surface area contributed by atoms with E-state index in [1.54, 1.807) is 11.3 Å². The van der Waals surface area contributed by atoms with Gasteiger partial charge in [-0.3, -0.25) is 4.99 Å². The molecule has 1 heterocycles. The molecule has 16 heavy (non-hydrogen) atoms. The summed E-state index contributed by atoms with van der Waals surface area (Å²) in [7, 11) is 0. The molecule has 88 valence electrons. The van der Waals surface area contributed by atoms with Crippen LogP contribution in [0.1, 0.15) is 30.7 Å². The molecular weight excluding hydrogens is 220 g/mol. The largest absolute Gasteiger partial charge is 0.370 e. The Labute approximate surface area is 100.0 Å². The van der Waals surface area contributed by atoms with Crippen molar-refractivity contribution in [3.63, 3.8) is 0 Å². The Morgan fingerprint density at radius 1 is 1.56 bits per heavy atom. The highest BCUT2D eigenvalue weighted by molar-refractivity contribution is 7.09. The molecule has 5 heteroatoms. The lowest BCUT2D eigenvalue weighted by molar-refractivity contribution is 0.625. The van der Waals surface area contributed by atoms with E-state index in [0.717, 1.165) is 18.0 Å². The van der Waals surface area contributed by atoms with Crippen LogP contribution in [0.3, 0.4) is 0 Å². The van der Waals surface area contributed by atoms with E-state index in [2.05, 4.69) is 15.3 Å². The first-order valence-electron chi connectivity index (χ1n) is 5.79. The van der Waals surface area contributed by atoms with Gasteiger partial charge in [-0.15, -0.1) is 11.3 Å². The van der Waals surface area contributed by atoms with Gasteiger partial charge >= 0.3 is 0 Å². The van der Waals surface area contributed by atoms with Gasteiger partial charge in [0.2, 0.25) is 0 Å². The van der Waals surface area contributed by atoms with Crippen LogP contribution >= 0.6 is 11.3 Å². The van der Waals surface area contributed by atoms with Gasteiger partial charge in [0, 0.05) is 30.6 Å². The number of guanidine groups is 1. The Hall–Kier alpha value is -1.10. The molecule has 0 unspecified atom stereocenters. The molecule has 0 aromatic carbocycles. The molecule has 1 aromatic rings. The van der Waals surface area contributed by atoms with Crippen molar-refractivity contribution in [1.29, 1.82) is 0 Å². The van der Waals surface area contributed by atoms with Crippen molar-refractivity contribution in [2.24, 2.45) is 10.7 Å². The number of nitrogens with two attached hydrogens (primary N) is 1. The van der Waals surface area contributed by atoms with E-state index in [0.29, 0.717) is 12.0 Å². The number of hydrogen-bond donors (Lipinski definition) is 2. The number of thiazole rings is 1. The van der Waals surface area contributed by atoms with Crippen molar-refractivity contribution in [2.45, 2.75) is 38.1 Å². The van der Waals surface area contributed by atoms with E-state index in [1.807, 2.05) is 11.6 Å². The van der Waals surface area contributed by atoms with E-state index in [1.165, 1.54) is 25.7 Å². The van der Waals surface area contributed by atoms with E-state index < -0.39 is 0 Å². The molecule has 0 aliphatic heterocycles. The fraction of sp³-hybridized carbons (Fsp3) is 0.636. The van der Waals surface area contributed by atoms with E-state index >= 15 is 0 Å². The van der Waals surface area contributed by atoms with Crippen molar-refractivity contribution >= 4 is 17.3 Å². The maximum absolute atomic E-state index is 5.81. The molecule has 1 fully saturated rings. The van der Waals surface area contributed by atoms with Crippen LogP contribution in [0.15, 0.2) is 16.6 Å². The van der Waals surface area contributed by atoms with Gasteiger partial charge in [0.1, 0.15) is 0 Å². The van der Waals surface area contributed by atoms with Crippen LogP contribution in [0.5, 0.6) is 0 Å². The average molecular weight is 238 g/mol. The predicted molar refractivity (Wildman–Crippen MR) is 67.7 cm³/mol. The molecule has 2 rings (SSSR count). The molecule has 0 spiro atoms. The number of nitrogens with zero attached hydrogens (tertiary/aromatic N) is 2. The minimum atomic E-state index is 0.545. The first-order chi connectivity index (χ1) is 7.84. The molecule has 0 bridgehead atoms. The van der Waals surface area contributed by atoms with Crippen LogP contribution in [0, 0.1) is 0 Å². The van der Waals surface area contributed by atoms with Crippen LogP contribution in [-0.2, 0) is 6.42 Å². The van der Waals surface area contributed by atoms with Crippen LogP contribution in [0.4, 0.5) is 0 Å². The Morgan fingerprint density at radius 2 is 2.38 bits per heavy atom.